The fraction of sp³-hybridized carbons (Fsp3) is 0.389. The van der Waals surface area contributed by atoms with E-state index in [4.69, 9.17) is 9.47 Å². The minimum atomic E-state index is 0.0539. The predicted molar refractivity (Wildman–Crippen MR) is 92.4 cm³/mol. The number of nitrogens with one attached hydrogen (secondary N) is 1. The lowest BCUT2D eigenvalue weighted by atomic mass is 10.0. The van der Waals surface area contributed by atoms with Crippen molar-refractivity contribution >= 4 is 17.2 Å². The number of carbonyl (C=O) groups excluding carboxylic acids is 1. The molecule has 0 radical (unpaired) electrons. The molecule has 6 heteroatoms. The Morgan fingerprint density at radius 2 is 2.21 bits per heavy atom. The molecule has 0 fully saturated rings. The topological polar surface area (TPSA) is 50.8 Å². The van der Waals surface area contributed by atoms with Crippen molar-refractivity contribution in [3.05, 3.63) is 45.6 Å². The minimum Gasteiger partial charge on any atom is -0.454 e. The molecule has 5 nitrogen and oxygen atoms in total. The van der Waals surface area contributed by atoms with Gasteiger partial charge in [0.05, 0.1) is 6.54 Å². The number of fused-ring (bicyclic) bond motifs is 2. The maximum atomic E-state index is 12.3. The van der Waals surface area contributed by atoms with Crippen molar-refractivity contribution in [2.75, 3.05) is 19.9 Å². The normalized spacial score (nSPS) is 19.1. The van der Waals surface area contributed by atoms with Crippen LogP contribution in [0.1, 0.15) is 29.0 Å². The van der Waals surface area contributed by atoms with Gasteiger partial charge in [-0.05, 0) is 48.1 Å². The summed E-state index contributed by atoms with van der Waals surface area (Å²) >= 11 is 1.82. The molecule has 0 saturated heterocycles. The molecule has 1 atom stereocenters. The molecule has 0 bridgehead atoms. The Bertz CT molecular complexity index is 758. The number of benzene rings is 1. The summed E-state index contributed by atoms with van der Waals surface area (Å²) in [6.45, 7) is 4.31. The van der Waals surface area contributed by atoms with Crippen LogP contribution >= 0.6 is 11.3 Å². The molecule has 2 aliphatic rings. The molecule has 1 aromatic heterocycles. The summed E-state index contributed by atoms with van der Waals surface area (Å²) in [5, 5.41) is 5.14. The van der Waals surface area contributed by atoms with E-state index >= 15 is 0 Å². The molecule has 3 heterocycles. The van der Waals surface area contributed by atoms with Crippen LogP contribution in [0, 0.1) is 0 Å². The van der Waals surface area contributed by atoms with Gasteiger partial charge < -0.3 is 14.8 Å². The number of carbonyl (C=O) groups is 1. The first-order valence-corrected chi connectivity index (χ1v) is 9.04. The lowest BCUT2D eigenvalue weighted by molar-refractivity contribution is -0.123. The van der Waals surface area contributed by atoms with Gasteiger partial charge in [-0.3, -0.25) is 9.69 Å². The van der Waals surface area contributed by atoms with E-state index in [2.05, 4.69) is 28.6 Å². The van der Waals surface area contributed by atoms with Crippen molar-refractivity contribution < 1.29 is 14.3 Å². The fourth-order valence-corrected chi connectivity index (χ4v) is 4.23. The second-order valence-corrected chi connectivity index (χ2v) is 7.16. The van der Waals surface area contributed by atoms with E-state index in [1.165, 1.54) is 10.4 Å². The Labute approximate surface area is 145 Å². The van der Waals surface area contributed by atoms with Crippen molar-refractivity contribution in [3.8, 4) is 11.5 Å². The highest BCUT2D eigenvalue weighted by atomic mass is 32.1. The number of rotatable bonds is 4. The number of hydrogen-bond donors (Lipinski definition) is 1. The maximum Gasteiger partial charge on any atom is 0.234 e. The molecule has 1 aromatic carbocycles. The summed E-state index contributed by atoms with van der Waals surface area (Å²) in [6.07, 6.45) is 1.03. The average Bonchev–Trinajstić information content (AvgIpc) is 3.24. The standard InChI is InChI=1S/C18H20N2O3S/c1-12-14-5-7-24-17(14)4-6-20(12)10-18(21)19-9-13-2-3-15-16(8-13)23-11-22-15/h2-3,5,7-8,12H,4,6,9-11H2,1H3,(H,19,21). The van der Waals surface area contributed by atoms with Crippen LogP contribution in [0.25, 0.3) is 0 Å². The Morgan fingerprint density at radius 3 is 3.12 bits per heavy atom. The molecule has 1 unspecified atom stereocenters. The highest BCUT2D eigenvalue weighted by Gasteiger charge is 2.26. The zero-order valence-electron chi connectivity index (χ0n) is 13.6. The van der Waals surface area contributed by atoms with Crippen LogP contribution in [0.5, 0.6) is 11.5 Å². The van der Waals surface area contributed by atoms with E-state index in [1.54, 1.807) is 0 Å². The Hall–Kier alpha value is -2.05. The lowest BCUT2D eigenvalue weighted by Gasteiger charge is -2.32. The van der Waals surface area contributed by atoms with Gasteiger partial charge in [-0.25, -0.2) is 0 Å². The number of hydrogen-bond acceptors (Lipinski definition) is 5. The SMILES string of the molecule is CC1c2ccsc2CCN1CC(=O)NCc1ccc2c(c1)OCO2. The van der Waals surface area contributed by atoms with Gasteiger partial charge in [-0.2, -0.15) is 0 Å². The number of amides is 1. The first-order chi connectivity index (χ1) is 11.7. The first kappa shape index (κ1) is 15.5. The van der Waals surface area contributed by atoms with Crippen molar-refractivity contribution in [2.45, 2.75) is 25.9 Å². The van der Waals surface area contributed by atoms with E-state index in [9.17, 15) is 4.79 Å². The fourth-order valence-electron chi connectivity index (χ4n) is 3.27. The molecule has 126 valence electrons. The smallest absolute Gasteiger partial charge is 0.234 e. The molecule has 2 aromatic rings. The molecule has 1 amide bonds. The van der Waals surface area contributed by atoms with Crippen molar-refractivity contribution in [1.29, 1.82) is 0 Å². The zero-order valence-corrected chi connectivity index (χ0v) is 14.4. The molecule has 24 heavy (non-hydrogen) atoms. The van der Waals surface area contributed by atoms with Crippen LogP contribution in [-0.2, 0) is 17.8 Å². The van der Waals surface area contributed by atoms with Crippen LogP contribution in [0.15, 0.2) is 29.6 Å². The highest BCUT2D eigenvalue weighted by Crippen LogP contribution is 2.33. The molecule has 0 aliphatic carbocycles. The number of nitrogens with zero attached hydrogens (tertiary/aromatic N) is 1. The monoisotopic (exact) mass is 344 g/mol. The molecular formula is C18H20N2O3S. The molecule has 0 spiro atoms. The van der Waals surface area contributed by atoms with Gasteiger partial charge >= 0.3 is 0 Å². The van der Waals surface area contributed by atoms with Gasteiger partial charge in [0.15, 0.2) is 11.5 Å². The van der Waals surface area contributed by atoms with Gasteiger partial charge in [0, 0.05) is 24.0 Å². The van der Waals surface area contributed by atoms with Crippen molar-refractivity contribution in [1.82, 2.24) is 10.2 Å². The van der Waals surface area contributed by atoms with Gasteiger partial charge in [0.2, 0.25) is 12.7 Å². The highest BCUT2D eigenvalue weighted by molar-refractivity contribution is 7.10. The minimum absolute atomic E-state index is 0.0539. The van der Waals surface area contributed by atoms with Gasteiger partial charge in [0.1, 0.15) is 0 Å². The van der Waals surface area contributed by atoms with Crippen LogP contribution in [0.3, 0.4) is 0 Å². The van der Waals surface area contributed by atoms with Gasteiger partial charge in [0.25, 0.3) is 0 Å². The lowest BCUT2D eigenvalue weighted by Crippen LogP contribution is -2.41. The third kappa shape index (κ3) is 2.99. The van der Waals surface area contributed by atoms with Crippen molar-refractivity contribution in [3.63, 3.8) is 0 Å². The molecule has 4 rings (SSSR count). The van der Waals surface area contributed by atoms with E-state index in [0.717, 1.165) is 30.0 Å². The van der Waals surface area contributed by atoms with Crippen LogP contribution < -0.4 is 14.8 Å². The summed E-state index contributed by atoms with van der Waals surface area (Å²) in [6, 6.07) is 8.24. The Kier molecular flexibility index (Phi) is 4.16. The second-order valence-electron chi connectivity index (χ2n) is 6.16. The molecule has 1 N–H and O–H groups in total. The van der Waals surface area contributed by atoms with Gasteiger partial charge in [-0.15, -0.1) is 11.3 Å². The van der Waals surface area contributed by atoms with E-state index < -0.39 is 0 Å². The summed E-state index contributed by atoms with van der Waals surface area (Å²) in [7, 11) is 0. The first-order valence-electron chi connectivity index (χ1n) is 8.16. The summed E-state index contributed by atoms with van der Waals surface area (Å²) in [4.78, 5) is 16.0. The maximum absolute atomic E-state index is 12.3. The van der Waals surface area contributed by atoms with E-state index in [-0.39, 0.29) is 12.7 Å². The predicted octanol–water partition coefficient (Wildman–Crippen LogP) is 2.71. The number of thiophene rings is 1. The second kappa shape index (κ2) is 6.45. The quantitative estimate of drug-likeness (QED) is 0.927. The van der Waals surface area contributed by atoms with Crippen LogP contribution in [0.2, 0.25) is 0 Å². The zero-order chi connectivity index (χ0) is 16.5. The van der Waals surface area contributed by atoms with Gasteiger partial charge in [-0.1, -0.05) is 6.07 Å². The largest absolute Gasteiger partial charge is 0.454 e. The molecular weight excluding hydrogens is 324 g/mol. The Morgan fingerprint density at radius 1 is 1.33 bits per heavy atom. The average molecular weight is 344 g/mol. The molecule has 0 saturated carbocycles. The summed E-state index contributed by atoms with van der Waals surface area (Å²) in [5.41, 5.74) is 2.38. The summed E-state index contributed by atoms with van der Waals surface area (Å²) < 4.78 is 10.7. The van der Waals surface area contributed by atoms with Crippen LogP contribution in [0.4, 0.5) is 0 Å². The number of ether oxygens (including phenoxy) is 2. The van der Waals surface area contributed by atoms with Crippen molar-refractivity contribution in [2.24, 2.45) is 0 Å². The Balaban J connectivity index is 1.32. The third-order valence-electron chi connectivity index (χ3n) is 4.68. The van der Waals surface area contributed by atoms with E-state index in [1.807, 2.05) is 29.5 Å². The third-order valence-corrected chi connectivity index (χ3v) is 5.67. The van der Waals surface area contributed by atoms with Crippen LogP contribution in [-0.4, -0.2) is 30.7 Å². The summed E-state index contributed by atoms with van der Waals surface area (Å²) in [5.74, 6) is 1.56. The molecule has 2 aliphatic heterocycles. The van der Waals surface area contributed by atoms with E-state index in [0.29, 0.717) is 19.1 Å².